The van der Waals surface area contributed by atoms with Crippen molar-refractivity contribution in [3.63, 3.8) is 0 Å². The standard InChI is InChI=1S/C19H24N2O/c1-4-15-6-8-16(9-7-15)14(3)11-19(22)21-18-12-17(20)10-5-13(18)2/h5-10,12,14H,4,11,20H2,1-3H3,(H,21,22). The van der Waals surface area contributed by atoms with Crippen LogP contribution in [0.15, 0.2) is 42.5 Å². The summed E-state index contributed by atoms with van der Waals surface area (Å²) in [6.45, 7) is 6.18. The number of amides is 1. The van der Waals surface area contributed by atoms with Crippen LogP contribution in [0.5, 0.6) is 0 Å². The van der Waals surface area contributed by atoms with Gasteiger partial charge >= 0.3 is 0 Å². The Hall–Kier alpha value is -2.29. The Morgan fingerprint density at radius 3 is 2.50 bits per heavy atom. The molecule has 0 heterocycles. The molecule has 2 aromatic rings. The number of hydrogen-bond donors (Lipinski definition) is 2. The number of nitrogens with two attached hydrogens (primary N) is 1. The number of rotatable bonds is 5. The number of carbonyl (C=O) groups is 1. The minimum absolute atomic E-state index is 0.0146. The van der Waals surface area contributed by atoms with Crippen LogP contribution in [0.3, 0.4) is 0 Å². The van der Waals surface area contributed by atoms with E-state index in [-0.39, 0.29) is 11.8 Å². The third-order valence-corrected chi connectivity index (χ3v) is 3.98. The number of benzene rings is 2. The molecule has 0 saturated heterocycles. The molecule has 0 aliphatic rings. The Balaban J connectivity index is 2.00. The molecule has 1 unspecified atom stereocenters. The molecule has 0 aliphatic heterocycles. The second-order valence-electron chi connectivity index (χ2n) is 5.82. The van der Waals surface area contributed by atoms with Crippen LogP contribution in [0.25, 0.3) is 0 Å². The minimum atomic E-state index is 0.0146. The molecular formula is C19H24N2O. The van der Waals surface area contributed by atoms with Crippen molar-refractivity contribution < 1.29 is 4.79 Å². The van der Waals surface area contributed by atoms with Gasteiger partial charge in [0.05, 0.1) is 0 Å². The maximum Gasteiger partial charge on any atom is 0.224 e. The van der Waals surface area contributed by atoms with Gasteiger partial charge in [0.15, 0.2) is 0 Å². The molecule has 1 amide bonds. The molecule has 22 heavy (non-hydrogen) atoms. The summed E-state index contributed by atoms with van der Waals surface area (Å²) in [4.78, 5) is 12.2. The van der Waals surface area contributed by atoms with Gasteiger partial charge in [0, 0.05) is 17.8 Å². The normalized spacial score (nSPS) is 12.0. The lowest BCUT2D eigenvalue weighted by molar-refractivity contribution is -0.116. The summed E-state index contributed by atoms with van der Waals surface area (Å²) in [5, 5.41) is 2.96. The summed E-state index contributed by atoms with van der Waals surface area (Å²) in [5.74, 6) is 0.202. The number of nitrogen functional groups attached to an aromatic ring is 1. The third kappa shape index (κ3) is 4.10. The van der Waals surface area contributed by atoms with Crippen molar-refractivity contribution in [3.8, 4) is 0 Å². The molecule has 0 fully saturated rings. The van der Waals surface area contributed by atoms with Crippen molar-refractivity contribution in [2.75, 3.05) is 11.1 Å². The molecule has 0 spiro atoms. The molecule has 0 aromatic heterocycles. The first-order valence-corrected chi connectivity index (χ1v) is 7.74. The first-order chi connectivity index (χ1) is 10.5. The minimum Gasteiger partial charge on any atom is -0.399 e. The fraction of sp³-hybridized carbons (Fsp3) is 0.316. The van der Waals surface area contributed by atoms with Gasteiger partial charge in [0.2, 0.25) is 5.91 Å². The van der Waals surface area contributed by atoms with Gasteiger partial charge in [0.25, 0.3) is 0 Å². The Bertz CT molecular complexity index is 647. The highest BCUT2D eigenvalue weighted by atomic mass is 16.1. The van der Waals surface area contributed by atoms with E-state index < -0.39 is 0 Å². The SMILES string of the molecule is CCc1ccc(C(C)CC(=O)Nc2cc(N)ccc2C)cc1. The van der Waals surface area contributed by atoms with Gasteiger partial charge < -0.3 is 11.1 Å². The first-order valence-electron chi connectivity index (χ1n) is 7.74. The van der Waals surface area contributed by atoms with E-state index in [0.29, 0.717) is 12.1 Å². The zero-order valence-corrected chi connectivity index (χ0v) is 13.5. The Kier molecular flexibility index (Phi) is 5.21. The molecule has 0 aliphatic carbocycles. The lowest BCUT2D eigenvalue weighted by Gasteiger charge is -2.14. The Morgan fingerprint density at radius 1 is 1.18 bits per heavy atom. The third-order valence-electron chi connectivity index (χ3n) is 3.98. The van der Waals surface area contributed by atoms with Gasteiger partial charge in [-0.15, -0.1) is 0 Å². The fourth-order valence-electron chi connectivity index (χ4n) is 2.45. The van der Waals surface area contributed by atoms with Gasteiger partial charge in [-0.3, -0.25) is 4.79 Å². The van der Waals surface area contributed by atoms with Crippen LogP contribution in [0.1, 0.15) is 42.9 Å². The van der Waals surface area contributed by atoms with Crippen molar-refractivity contribution in [2.45, 2.75) is 39.5 Å². The van der Waals surface area contributed by atoms with E-state index in [1.807, 2.05) is 19.1 Å². The van der Waals surface area contributed by atoms with Gasteiger partial charge in [-0.25, -0.2) is 0 Å². The predicted octanol–water partition coefficient (Wildman–Crippen LogP) is 4.27. The maximum atomic E-state index is 12.2. The fourth-order valence-corrected chi connectivity index (χ4v) is 2.45. The van der Waals surface area contributed by atoms with Crippen LogP contribution in [0, 0.1) is 6.92 Å². The van der Waals surface area contributed by atoms with Crippen LogP contribution in [0.2, 0.25) is 0 Å². The van der Waals surface area contributed by atoms with Crippen molar-refractivity contribution in [3.05, 3.63) is 59.2 Å². The van der Waals surface area contributed by atoms with E-state index in [4.69, 9.17) is 5.73 Å². The molecule has 2 rings (SSSR count). The van der Waals surface area contributed by atoms with Gasteiger partial charge in [-0.2, -0.15) is 0 Å². The van der Waals surface area contributed by atoms with E-state index in [2.05, 4.69) is 43.4 Å². The van der Waals surface area contributed by atoms with Crippen LogP contribution in [0.4, 0.5) is 11.4 Å². The Labute approximate surface area is 132 Å². The van der Waals surface area contributed by atoms with E-state index in [1.165, 1.54) is 11.1 Å². The average molecular weight is 296 g/mol. The van der Waals surface area contributed by atoms with Gasteiger partial charge in [-0.1, -0.05) is 44.2 Å². The highest BCUT2D eigenvalue weighted by Gasteiger charge is 2.12. The number of aryl methyl sites for hydroxylation is 2. The summed E-state index contributed by atoms with van der Waals surface area (Å²) in [6, 6.07) is 14.0. The second kappa shape index (κ2) is 7.12. The topological polar surface area (TPSA) is 55.1 Å². The zero-order chi connectivity index (χ0) is 16.1. The summed E-state index contributed by atoms with van der Waals surface area (Å²) >= 11 is 0. The maximum absolute atomic E-state index is 12.2. The molecule has 116 valence electrons. The molecule has 1 atom stereocenters. The number of carbonyl (C=O) groups excluding carboxylic acids is 1. The lowest BCUT2D eigenvalue weighted by Crippen LogP contribution is -2.15. The van der Waals surface area contributed by atoms with Crippen LogP contribution in [-0.2, 0) is 11.2 Å². The first kappa shape index (κ1) is 16.1. The summed E-state index contributed by atoms with van der Waals surface area (Å²) < 4.78 is 0. The van der Waals surface area contributed by atoms with Gasteiger partial charge in [0.1, 0.15) is 0 Å². The summed E-state index contributed by atoms with van der Waals surface area (Å²) in [5.41, 5.74) is 10.7. The van der Waals surface area contributed by atoms with Gasteiger partial charge in [-0.05, 0) is 48.1 Å². The van der Waals surface area contributed by atoms with Crippen LogP contribution < -0.4 is 11.1 Å². The molecule has 0 bridgehead atoms. The predicted molar refractivity (Wildman–Crippen MR) is 93.1 cm³/mol. The quantitative estimate of drug-likeness (QED) is 0.809. The smallest absolute Gasteiger partial charge is 0.224 e. The molecule has 0 radical (unpaired) electrons. The molecule has 3 N–H and O–H groups in total. The molecule has 3 nitrogen and oxygen atoms in total. The van der Waals surface area contributed by atoms with E-state index in [0.717, 1.165) is 17.7 Å². The zero-order valence-electron chi connectivity index (χ0n) is 13.5. The van der Waals surface area contributed by atoms with Crippen LogP contribution in [-0.4, -0.2) is 5.91 Å². The molecule has 3 heteroatoms. The van der Waals surface area contributed by atoms with Crippen LogP contribution >= 0.6 is 0 Å². The van der Waals surface area contributed by atoms with Crippen molar-refractivity contribution in [1.82, 2.24) is 0 Å². The van der Waals surface area contributed by atoms with Crippen molar-refractivity contribution >= 4 is 17.3 Å². The molecule has 0 saturated carbocycles. The number of nitrogens with one attached hydrogen (secondary N) is 1. The van der Waals surface area contributed by atoms with E-state index in [1.54, 1.807) is 6.07 Å². The highest BCUT2D eigenvalue weighted by Crippen LogP contribution is 2.22. The lowest BCUT2D eigenvalue weighted by atomic mass is 9.96. The Morgan fingerprint density at radius 2 is 1.86 bits per heavy atom. The molecular weight excluding hydrogens is 272 g/mol. The number of anilines is 2. The van der Waals surface area contributed by atoms with Crippen molar-refractivity contribution in [1.29, 1.82) is 0 Å². The average Bonchev–Trinajstić information content (AvgIpc) is 2.51. The molecule has 2 aromatic carbocycles. The largest absolute Gasteiger partial charge is 0.399 e. The van der Waals surface area contributed by atoms with E-state index in [9.17, 15) is 4.79 Å². The van der Waals surface area contributed by atoms with E-state index >= 15 is 0 Å². The monoisotopic (exact) mass is 296 g/mol. The second-order valence-corrected chi connectivity index (χ2v) is 5.82. The van der Waals surface area contributed by atoms with Crippen molar-refractivity contribution in [2.24, 2.45) is 0 Å². The summed E-state index contributed by atoms with van der Waals surface area (Å²) in [6.07, 6.45) is 1.49. The number of hydrogen-bond acceptors (Lipinski definition) is 2. The highest BCUT2D eigenvalue weighted by molar-refractivity contribution is 5.92. The summed E-state index contributed by atoms with van der Waals surface area (Å²) in [7, 11) is 0.